The minimum absolute atomic E-state index is 0.0335. The second-order valence-corrected chi connectivity index (χ2v) is 6.60. The fraction of sp³-hybridized carbons (Fsp3) is 0.421. The fourth-order valence-corrected chi connectivity index (χ4v) is 4.21. The predicted molar refractivity (Wildman–Crippen MR) is 89.5 cm³/mol. The molecule has 4 heteroatoms. The minimum Gasteiger partial charge on any atom is -0.448 e. The molecule has 3 saturated heterocycles. The van der Waals surface area contributed by atoms with Crippen LogP contribution < -0.4 is 4.90 Å². The molecule has 0 unspecified atom stereocenters. The zero-order chi connectivity index (χ0) is 15.8. The van der Waals surface area contributed by atoms with Gasteiger partial charge in [-0.15, -0.1) is 0 Å². The van der Waals surface area contributed by atoms with Gasteiger partial charge in [0.2, 0.25) is 5.88 Å². The van der Waals surface area contributed by atoms with E-state index in [-0.39, 0.29) is 11.9 Å². The van der Waals surface area contributed by atoms with E-state index in [0.717, 1.165) is 25.9 Å². The molecule has 23 heavy (non-hydrogen) atoms. The number of carbonyl (C=O) groups is 1. The third-order valence-electron chi connectivity index (χ3n) is 5.41. The van der Waals surface area contributed by atoms with Gasteiger partial charge in [0.1, 0.15) is 0 Å². The van der Waals surface area contributed by atoms with Crippen LogP contribution in [0.3, 0.4) is 0 Å². The Kier molecular flexibility index (Phi) is 3.69. The van der Waals surface area contributed by atoms with E-state index < -0.39 is 0 Å². The maximum absolute atomic E-state index is 13.2. The van der Waals surface area contributed by atoms with Gasteiger partial charge >= 0.3 is 0 Å². The van der Waals surface area contributed by atoms with Gasteiger partial charge in [-0.2, -0.15) is 0 Å². The van der Waals surface area contributed by atoms with Gasteiger partial charge in [-0.3, -0.25) is 14.6 Å². The third kappa shape index (κ3) is 2.47. The van der Waals surface area contributed by atoms with E-state index in [1.54, 1.807) is 6.26 Å². The van der Waals surface area contributed by atoms with Gasteiger partial charge in [0.25, 0.3) is 5.91 Å². The predicted octanol–water partition coefficient (Wildman–Crippen LogP) is 3.41. The first kappa shape index (κ1) is 14.5. The molecule has 4 nitrogen and oxygen atoms in total. The molecule has 3 aliphatic rings. The van der Waals surface area contributed by atoms with Crippen LogP contribution in [0.15, 0.2) is 53.1 Å². The van der Waals surface area contributed by atoms with Crippen molar-refractivity contribution in [3.63, 3.8) is 0 Å². The maximum atomic E-state index is 13.2. The van der Waals surface area contributed by atoms with E-state index >= 15 is 0 Å². The molecule has 0 radical (unpaired) electrons. The third-order valence-corrected chi connectivity index (χ3v) is 5.41. The second kappa shape index (κ2) is 5.85. The first-order valence-electron chi connectivity index (χ1n) is 8.42. The molecule has 4 heterocycles. The van der Waals surface area contributed by atoms with Crippen molar-refractivity contribution >= 4 is 11.8 Å². The van der Waals surface area contributed by atoms with Gasteiger partial charge in [0.15, 0.2) is 0 Å². The second-order valence-electron chi connectivity index (χ2n) is 6.60. The Bertz CT molecular complexity index is 658. The maximum Gasteiger partial charge on any atom is 0.260 e. The highest BCUT2D eigenvalue weighted by molar-refractivity contribution is 6.05. The van der Waals surface area contributed by atoms with Gasteiger partial charge in [-0.25, -0.2) is 0 Å². The fourth-order valence-electron chi connectivity index (χ4n) is 4.21. The van der Waals surface area contributed by atoms with Crippen LogP contribution in [0.4, 0.5) is 5.88 Å². The molecule has 2 atom stereocenters. The summed E-state index contributed by atoms with van der Waals surface area (Å²) in [5.74, 6) is 1.24. The van der Waals surface area contributed by atoms with Crippen LogP contribution in [0.5, 0.6) is 0 Å². The Labute approximate surface area is 136 Å². The highest BCUT2D eigenvalue weighted by atomic mass is 16.3. The average Bonchev–Trinajstić information content (AvgIpc) is 3.13. The summed E-state index contributed by atoms with van der Waals surface area (Å²) in [7, 11) is 0. The van der Waals surface area contributed by atoms with E-state index in [1.165, 1.54) is 0 Å². The SMILES string of the molecule is C[C@@H]1[C@H](N(C(=O)c2ccccc2)c2ccco2)C2CCN1CC2. The van der Waals surface area contributed by atoms with E-state index in [4.69, 9.17) is 4.42 Å². The summed E-state index contributed by atoms with van der Waals surface area (Å²) in [5, 5.41) is 0. The molecule has 0 aliphatic carbocycles. The van der Waals surface area contributed by atoms with Gasteiger partial charge in [0, 0.05) is 17.7 Å². The van der Waals surface area contributed by atoms with Crippen LogP contribution in [0, 0.1) is 5.92 Å². The van der Waals surface area contributed by atoms with Gasteiger partial charge in [-0.1, -0.05) is 18.2 Å². The zero-order valence-corrected chi connectivity index (χ0v) is 13.4. The number of fused-ring (bicyclic) bond motifs is 3. The Morgan fingerprint density at radius 2 is 1.87 bits per heavy atom. The van der Waals surface area contributed by atoms with Crippen LogP contribution in [0.25, 0.3) is 0 Å². The number of rotatable bonds is 3. The average molecular weight is 310 g/mol. The Morgan fingerprint density at radius 3 is 2.48 bits per heavy atom. The van der Waals surface area contributed by atoms with E-state index in [9.17, 15) is 4.79 Å². The highest BCUT2D eigenvalue weighted by Crippen LogP contribution is 2.38. The summed E-state index contributed by atoms with van der Waals surface area (Å²) < 4.78 is 5.63. The quantitative estimate of drug-likeness (QED) is 0.872. The first-order valence-corrected chi connectivity index (χ1v) is 8.42. The molecule has 2 bridgehead atoms. The molecule has 0 saturated carbocycles. The van der Waals surface area contributed by atoms with E-state index in [2.05, 4.69) is 11.8 Å². The van der Waals surface area contributed by atoms with Crippen molar-refractivity contribution in [2.24, 2.45) is 5.92 Å². The van der Waals surface area contributed by atoms with Crippen LogP contribution in [-0.4, -0.2) is 36.0 Å². The standard InChI is InChI=1S/C19H22N2O2/c1-14-18(15-9-11-20(14)12-10-15)21(17-8-5-13-23-17)19(22)16-6-3-2-4-7-16/h2-8,13-15,18H,9-12H2,1H3/t14-,18+/m1/s1. The van der Waals surface area contributed by atoms with Gasteiger partial charge in [0.05, 0.1) is 12.3 Å². The number of furan rings is 1. The topological polar surface area (TPSA) is 36.7 Å². The molecule has 1 aromatic carbocycles. The number of nitrogens with zero attached hydrogens (tertiary/aromatic N) is 2. The number of benzene rings is 1. The van der Waals surface area contributed by atoms with Crippen molar-refractivity contribution in [1.29, 1.82) is 0 Å². The molecule has 0 N–H and O–H groups in total. The summed E-state index contributed by atoms with van der Waals surface area (Å²) in [6.07, 6.45) is 3.97. The lowest BCUT2D eigenvalue weighted by molar-refractivity contribution is 0.0315. The van der Waals surface area contributed by atoms with E-state index in [1.807, 2.05) is 47.4 Å². The summed E-state index contributed by atoms with van der Waals surface area (Å²) in [4.78, 5) is 17.6. The largest absolute Gasteiger partial charge is 0.448 e. The molecule has 5 rings (SSSR count). The van der Waals surface area contributed by atoms with E-state index in [0.29, 0.717) is 23.4 Å². The number of hydrogen-bond acceptors (Lipinski definition) is 3. The molecular formula is C19H22N2O2. The molecule has 3 fully saturated rings. The molecular weight excluding hydrogens is 288 g/mol. The lowest BCUT2D eigenvalue weighted by Crippen LogP contribution is -2.63. The lowest BCUT2D eigenvalue weighted by Gasteiger charge is -2.52. The first-order chi connectivity index (χ1) is 11.3. The summed E-state index contributed by atoms with van der Waals surface area (Å²) in [6.45, 7) is 4.53. The number of amides is 1. The number of carbonyl (C=O) groups excluding carboxylic acids is 1. The summed E-state index contributed by atoms with van der Waals surface area (Å²) >= 11 is 0. The molecule has 3 aliphatic heterocycles. The van der Waals surface area contributed by atoms with Crippen molar-refractivity contribution in [3.8, 4) is 0 Å². The van der Waals surface area contributed by atoms with Gasteiger partial charge in [-0.05, 0) is 57.0 Å². The Hall–Kier alpha value is -2.07. The monoisotopic (exact) mass is 310 g/mol. The molecule has 1 amide bonds. The van der Waals surface area contributed by atoms with Crippen molar-refractivity contribution in [2.45, 2.75) is 31.8 Å². The normalized spacial score (nSPS) is 29.4. The number of anilines is 1. The van der Waals surface area contributed by atoms with Crippen molar-refractivity contribution in [3.05, 3.63) is 54.3 Å². The van der Waals surface area contributed by atoms with Crippen LogP contribution in [0.1, 0.15) is 30.1 Å². The van der Waals surface area contributed by atoms with Crippen LogP contribution in [-0.2, 0) is 0 Å². The zero-order valence-electron chi connectivity index (χ0n) is 13.4. The minimum atomic E-state index is 0.0335. The Balaban J connectivity index is 1.73. The van der Waals surface area contributed by atoms with Crippen molar-refractivity contribution < 1.29 is 9.21 Å². The van der Waals surface area contributed by atoms with Crippen molar-refractivity contribution in [1.82, 2.24) is 4.90 Å². The molecule has 1 aromatic heterocycles. The smallest absolute Gasteiger partial charge is 0.260 e. The van der Waals surface area contributed by atoms with Crippen molar-refractivity contribution in [2.75, 3.05) is 18.0 Å². The highest BCUT2D eigenvalue weighted by Gasteiger charge is 2.45. The molecule has 120 valence electrons. The summed E-state index contributed by atoms with van der Waals surface area (Å²) in [6, 6.07) is 13.8. The Morgan fingerprint density at radius 1 is 1.13 bits per heavy atom. The lowest BCUT2D eigenvalue weighted by atomic mass is 9.78. The number of piperidine rings is 3. The molecule has 0 spiro atoms. The van der Waals surface area contributed by atoms with Crippen LogP contribution >= 0.6 is 0 Å². The van der Waals surface area contributed by atoms with Gasteiger partial charge < -0.3 is 4.42 Å². The molecule has 2 aromatic rings. The summed E-state index contributed by atoms with van der Waals surface area (Å²) in [5.41, 5.74) is 0.715. The number of hydrogen-bond donors (Lipinski definition) is 0. The van der Waals surface area contributed by atoms with Crippen LogP contribution in [0.2, 0.25) is 0 Å².